The largest absolute Gasteiger partial charge is 0.335 e. The summed E-state index contributed by atoms with van der Waals surface area (Å²) in [4.78, 5) is 17.1. The van der Waals surface area contributed by atoms with Crippen molar-refractivity contribution in [3.8, 4) is 0 Å². The molecule has 3 aliphatic rings. The van der Waals surface area contributed by atoms with Gasteiger partial charge in [-0.15, -0.1) is 0 Å². The number of aromatic nitrogens is 2. The van der Waals surface area contributed by atoms with Crippen molar-refractivity contribution in [3.05, 3.63) is 18.0 Å². The lowest BCUT2D eigenvalue weighted by atomic mass is 9.83. The highest BCUT2D eigenvalue weighted by atomic mass is 16.2. The van der Waals surface area contributed by atoms with Gasteiger partial charge in [-0.25, -0.2) is 0 Å². The maximum absolute atomic E-state index is 12.5. The molecule has 1 amide bonds. The van der Waals surface area contributed by atoms with E-state index >= 15 is 0 Å². The molecule has 0 bridgehead atoms. The van der Waals surface area contributed by atoms with Gasteiger partial charge in [-0.05, 0) is 37.7 Å². The van der Waals surface area contributed by atoms with Gasteiger partial charge in [0.15, 0.2) is 0 Å². The zero-order valence-corrected chi connectivity index (χ0v) is 12.1. The number of carbonyl (C=O) groups excluding carboxylic acids is 1. The van der Waals surface area contributed by atoms with Crippen LogP contribution in [-0.2, 0) is 7.05 Å². The third-order valence-electron chi connectivity index (χ3n) is 5.25. The molecule has 1 atom stereocenters. The van der Waals surface area contributed by atoms with E-state index < -0.39 is 0 Å². The minimum atomic E-state index is 0.0979. The highest BCUT2D eigenvalue weighted by Crippen LogP contribution is 2.42. The number of aryl methyl sites for hydroxylation is 1. The Morgan fingerprint density at radius 1 is 1.40 bits per heavy atom. The van der Waals surface area contributed by atoms with Gasteiger partial charge >= 0.3 is 0 Å². The molecule has 5 heteroatoms. The van der Waals surface area contributed by atoms with Crippen molar-refractivity contribution >= 4 is 5.91 Å². The predicted molar refractivity (Wildman–Crippen MR) is 75.4 cm³/mol. The maximum Gasteiger partial charge on any atom is 0.274 e. The number of carbonyl (C=O) groups is 1. The first-order valence-electron chi connectivity index (χ1n) is 7.70. The molecule has 1 aromatic heterocycles. The lowest BCUT2D eigenvalue weighted by molar-refractivity contribution is -0.00935. The van der Waals surface area contributed by atoms with Crippen LogP contribution < -0.4 is 0 Å². The van der Waals surface area contributed by atoms with E-state index in [2.05, 4.69) is 10.00 Å². The summed E-state index contributed by atoms with van der Waals surface area (Å²) in [6.45, 7) is 4.26. The Bertz CT molecular complexity index is 536. The summed E-state index contributed by atoms with van der Waals surface area (Å²) in [7, 11) is 1.85. The van der Waals surface area contributed by atoms with E-state index in [1.54, 1.807) is 4.68 Å². The Balaban J connectivity index is 1.43. The number of amides is 1. The van der Waals surface area contributed by atoms with Gasteiger partial charge in [-0.3, -0.25) is 14.4 Å². The van der Waals surface area contributed by atoms with E-state index in [-0.39, 0.29) is 5.91 Å². The fraction of sp³-hybridized carbons (Fsp3) is 0.733. The van der Waals surface area contributed by atoms with Gasteiger partial charge < -0.3 is 4.90 Å². The van der Waals surface area contributed by atoms with Crippen LogP contribution in [-0.4, -0.2) is 57.2 Å². The van der Waals surface area contributed by atoms with E-state index in [1.165, 1.54) is 32.4 Å². The molecule has 1 saturated carbocycles. The summed E-state index contributed by atoms with van der Waals surface area (Å²) in [5, 5.41) is 4.24. The molecule has 0 N–H and O–H groups in total. The van der Waals surface area contributed by atoms with Crippen molar-refractivity contribution in [3.63, 3.8) is 0 Å². The molecule has 1 spiro atoms. The van der Waals surface area contributed by atoms with E-state index in [0.717, 1.165) is 25.4 Å². The standard InChI is InChI=1S/C15H22N4O/c1-17-7-4-13(16-17)14(20)18-8-5-15(11-18)6-9-19(15)10-12-2-3-12/h4,7,12H,2-3,5-6,8-11H2,1H3/t15-/m0/s1. The minimum Gasteiger partial charge on any atom is -0.335 e. The van der Waals surface area contributed by atoms with Crippen LogP contribution in [0.4, 0.5) is 0 Å². The molecule has 20 heavy (non-hydrogen) atoms. The summed E-state index contributed by atoms with van der Waals surface area (Å²) in [6.07, 6.45) is 7.04. The van der Waals surface area contributed by atoms with E-state index in [0.29, 0.717) is 11.2 Å². The van der Waals surface area contributed by atoms with Gasteiger partial charge in [-0.1, -0.05) is 0 Å². The fourth-order valence-corrected chi connectivity index (χ4v) is 3.67. The Morgan fingerprint density at radius 2 is 2.20 bits per heavy atom. The first-order chi connectivity index (χ1) is 9.66. The summed E-state index contributed by atoms with van der Waals surface area (Å²) >= 11 is 0. The molecule has 3 heterocycles. The van der Waals surface area contributed by atoms with Crippen molar-refractivity contribution in [2.45, 2.75) is 31.2 Å². The number of hydrogen-bond acceptors (Lipinski definition) is 3. The lowest BCUT2D eigenvalue weighted by Crippen LogP contribution is -2.61. The Hall–Kier alpha value is -1.36. The third-order valence-corrected chi connectivity index (χ3v) is 5.25. The van der Waals surface area contributed by atoms with Gasteiger partial charge in [0.05, 0.1) is 0 Å². The molecule has 2 aliphatic heterocycles. The van der Waals surface area contributed by atoms with Gasteiger partial charge in [0, 0.05) is 45.0 Å². The number of hydrogen-bond donors (Lipinski definition) is 0. The summed E-state index contributed by atoms with van der Waals surface area (Å²) in [5.41, 5.74) is 0.880. The zero-order chi connectivity index (χ0) is 13.7. The minimum absolute atomic E-state index is 0.0979. The highest BCUT2D eigenvalue weighted by molar-refractivity contribution is 5.92. The normalized spacial score (nSPS) is 29.9. The third kappa shape index (κ3) is 1.95. The van der Waals surface area contributed by atoms with Crippen LogP contribution in [0.15, 0.2) is 12.3 Å². The molecule has 0 unspecified atom stereocenters. The lowest BCUT2D eigenvalue weighted by Gasteiger charge is -2.51. The average Bonchev–Trinajstić information content (AvgIpc) is 2.96. The second kappa shape index (κ2) is 4.32. The zero-order valence-electron chi connectivity index (χ0n) is 12.1. The van der Waals surface area contributed by atoms with E-state index in [4.69, 9.17) is 0 Å². The molecule has 0 radical (unpaired) electrons. The Kier molecular flexibility index (Phi) is 2.67. The summed E-state index contributed by atoms with van der Waals surface area (Å²) < 4.78 is 1.70. The van der Waals surface area contributed by atoms with Crippen molar-refractivity contribution in [2.75, 3.05) is 26.2 Å². The van der Waals surface area contributed by atoms with E-state index in [9.17, 15) is 4.79 Å². The molecule has 3 fully saturated rings. The average molecular weight is 274 g/mol. The van der Waals surface area contributed by atoms with Crippen LogP contribution in [0.25, 0.3) is 0 Å². The topological polar surface area (TPSA) is 41.4 Å². The quantitative estimate of drug-likeness (QED) is 0.829. The van der Waals surface area contributed by atoms with Gasteiger partial charge in [-0.2, -0.15) is 5.10 Å². The summed E-state index contributed by atoms with van der Waals surface area (Å²) in [5.74, 6) is 1.04. The van der Waals surface area contributed by atoms with Crippen molar-refractivity contribution < 1.29 is 4.79 Å². The van der Waals surface area contributed by atoms with E-state index in [1.807, 2.05) is 24.2 Å². The molecular formula is C15H22N4O. The first kappa shape index (κ1) is 12.4. The Labute approximate surface area is 119 Å². The predicted octanol–water partition coefficient (Wildman–Crippen LogP) is 1.12. The molecular weight excluding hydrogens is 252 g/mol. The second-order valence-electron chi connectivity index (χ2n) is 6.72. The molecule has 5 nitrogen and oxygen atoms in total. The SMILES string of the molecule is Cn1ccc(C(=O)N2CC[C@]3(CCN3CC3CC3)C2)n1. The van der Waals surface area contributed by atoms with Crippen LogP contribution in [0.2, 0.25) is 0 Å². The fourth-order valence-electron chi connectivity index (χ4n) is 3.67. The van der Waals surface area contributed by atoms with Crippen molar-refractivity contribution in [1.82, 2.24) is 19.6 Å². The molecule has 1 aliphatic carbocycles. The molecule has 0 aromatic carbocycles. The summed E-state index contributed by atoms with van der Waals surface area (Å²) in [6, 6.07) is 1.82. The number of rotatable bonds is 3. The number of likely N-dealkylation sites (tertiary alicyclic amines) is 2. The van der Waals surface area contributed by atoms with Crippen molar-refractivity contribution in [1.29, 1.82) is 0 Å². The maximum atomic E-state index is 12.5. The van der Waals surface area contributed by atoms with Crippen LogP contribution in [0, 0.1) is 5.92 Å². The Morgan fingerprint density at radius 3 is 2.80 bits per heavy atom. The highest BCUT2D eigenvalue weighted by Gasteiger charge is 2.51. The first-order valence-corrected chi connectivity index (χ1v) is 7.70. The van der Waals surface area contributed by atoms with Gasteiger partial charge in [0.2, 0.25) is 0 Å². The number of nitrogens with zero attached hydrogens (tertiary/aromatic N) is 4. The molecule has 1 aromatic rings. The molecule has 4 rings (SSSR count). The van der Waals surface area contributed by atoms with Crippen LogP contribution in [0.1, 0.15) is 36.2 Å². The van der Waals surface area contributed by atoms with Crippen LogP contribution >= 0.6 is 0 Å². The molecule has 2 saturated heterocycles. The smallest absolute Gasteiger partial charge is 0.274 e. The van der Waals surface area contributed by atoms with Gasteiger partial charge in [0.1, 0.15) is 5.69 Å². The van der Waals surface area contributed by atoms with Crippen LogP contribution in [0.3, 0.4) is 0 Å². The van der Waals surface area contributed by atoms with Crippen molar-refractivity contribution in [2.24, 2.45) is 13.0 Å². The molecule has 108 valence electrons. The second-order valence-corrected chi connectivity index (χ2v) is 6.72. The van der Waals surface area contributed by atoms with Crippen LogP contribution in [0.5, 0.6) is 0 Å². The van der Waals surface area contributed by atoms with Gasteiger partial charge in [0.25, 0.3) is 5.91 Å². The monoisotopic (exact) mass is 274 g/mol.